The number of aryl methyl sites for hydroxylation is 1. The highest BCUT2D eigenvalue weighted by atomic mass is 16.5. The van der Waals surface area contributed by atoms with E-state index in [1.54, 1.807) is 48.4 Å². The summed E-state index contributed by atoms with van der Waals surface area (Å²) < 4.78 is 7.34. The summed E-state index contributed by atoms with van der Waals surface area (Å²) in [6.45, 7) is 3.55. The molecule has 0 saturated heterocycles. The van der Waals surface area contributed by atoms with Crippen molar-refractivity contribution in [3.8, 4) is 11.7 Å². The highest BCUT2D eigenvalue weighted by Crippen LogP contribution is 2.13. The largest absolute Gasteiger partial charge is 0.481 e. The first-order valence-corrected chi connectivity index (χ1v) is 7.48. The molecule has 2 aromatic heterocycles. The summed E-state index contributed by atoms with van der Waals surface area (Å²) in [5.74, 6) is 1.66. The molecule has 0 spiro atoms. The van der Waals surface area contributed by atoms with Crippen LogP contribution in [0.15, 0.2) is 55.1 Å². The van der Waals surface area contributed by atoms with Crippen molar-refractivity contribution in [1.82, 2.24) is 19.5 Å². The van der Waals surface area contributed by atoms with Gasteiger partial charge < -0.3 is 10.1 Å². The second-order valence-electron chi connectivity index (χ2n) is 5.18. The van der Waals surface area contributed by atoms with Crippen molar-refractivity contribution in [2.24, 2.45) is 0 Å². The van der Waals surface area contributed by atoms with Gasteiger partial charge in [-0.25, -0.2) is 15.0 Å². The van der Waals surface area contributed by atoms with E-state index in [0.29, 0.717) is 17.4 Å². The molecule has 3 aromatic rings. The number of para-hydroxylation sites is 1. The summed E-state index contributed by atoms with van der Waals surface area (Å²) in [5, 5.41) is 2.74. The second-order valence-corrected chi connectivity index (χ2v) is 5.18. The normalized spacial score (nSPS) is 11.8. The lowest BCUT2D eigenvalue weighted by molar-refractivity contribution is -0.122. The fourth-order valence-corrected chi connectivity index (χ4v) is 2.10. The molecule has 0 unspecified atom stereocenters. The number of ether oxygens (including phenoxy) is 1. The van der Waals surface area contributed by atoms with Gasteiger partial charge in [-0.2, -0.15) is 0 Å². The van der Waals surface area contributed by atoms with Crippen LogP contribution in [0, 0.1) is 6.92 Å². The van der Waals surface area contributed by atoms with E-state index in [1.807, 2.05) is 25.1 Å². The van der Waals surface area contributed by atoms with Gasteiger partial charge in [-0.05, 0) is 26.0 Å². The van der Waals surface area contributed by atoms with Crippen molar-refractivity contribution in [1.29, 1.82) is 0 Å². The zero-order valence-electron chi connectivity index (χ0n) is 13.4. The molecular weight excluding hydrogens is 306 g/mol. The smallest absolute Gasteiger partial charge is 0.265 e. The molecule has 24 heavy (non-hydrogen) atoms. The van der Waals surface area contributed by atoms with Gasteiger partial charge in [0.25, 0.3) is 5.91 Å². The first-order valence-electron chi connectivity index (χ1n) is 7.48. The van der Waals surface area contributed by atoms with Crippen LogP contribution in [0.1, 0.15) is 12.7 Å². The van der Waals surface area contributed by atoms with E-state index in [2.05, 4.69) is 20.3 Å². The van der Waals surface area contributed by atoms with E-state index in [4.69, 9.17) is 4.74 Å². The van der Waals surface area contributed by atoms with Crippen molar-refractivity contribution in [2.75, 3.05) is 5.32 Å². The number of hydrogen-bond donors (Lipinski definition) is 1. The van der Waals surface area contributed by atoms with Crippen LogP contribution >= 0.6 is 0 Å². The summed E-state index contributed by atoms with van der Waals surface area (Å²) in [6.07, 6.45) is 5.92. The number of aromatic nitrogens is 4. The molecular formula is C17H17N5O2. The first-order chi connectivity index (χ1) is 11.6. The van der Waals surface area contributed by atoms with Gasteiger partial charge in [0, 0.05) is 12.4 Å². The molecule has 1 aromatic carbocycles. The van der Waals surface area contributed by atoms with Crippen molar-refractivity contribution < 1.29 is 9.53 Å². The van der Waals surface area contributed by atoms with Gasteiger partial charge in [-0.1, -0.05) is 18.2 Å². The van der Waals surface area contributed by atoms with Crippen LogP contribution in [-0.4, -0.2) is 31.5 Å². The third-order valence-corrected chi connectivity index (χ3v) is 3.37. The van der Waals surface area contributed by atoms with Gasteiger partial charge in [-0.15, -0.1) is 0 Å². The minimum absolute atomic E-state index is 0.269. The number of anilines is 1. The maximum atomic E-state index is 12.2. The fourth-order valence-electron chi connectivity index (χ4n) is 2.10. The molecule has 122 valence electrons. The Kier molecular flexibility index (Phi) is 4.51. The minimum Gasteiger partial charge on any atom is -0.481 e. The molecule has 0 fully saturated rings. The molecule has 2 heterocycles. The number of carbonyl (C=O) groups is 1. The number of nitrogens with one attached hydrogen (secondary N) is 1. The molecule has 0 aliphatic carbocycles. The van der Waals surface area contributed by atoms with Crippen LogP contribution in [-0.2, 0) is 4.79 Å². The molecule has 1 amide bonds. The zero-order valence-corrected chi connectivity index (χ0v) is 13.4. The standard InChI is InChI=1S/C17H17N5O2/c1-12(24-15-6-4-3-5-7-15)16(23)21-14-10-19-17(20-11-14)22-9-8-18-13(22)2/h3-12H,1-2H3,(H,21,23)/t12-/m0/s1. The van der Waals surface area contributed by atoms with Crippen LogP contribution in [0.2, 0.25) is 0 Å². The molecule has 0 aliphatic heterocycles. The lowest BCUT2D eigenvalue weighted by Crippen LogP contribution is -2.30. The van der Waals surface area contributed by atoms with Crippen molar-refractivity contribution >= 4 is 11.6 Å². The molecule has 7 heteroatoms. The molecule has 7 nitrogen and oxygen atoms in total. The summed E-state index contributed by atoms with van der Waals surface area (Å²) in [7, 11) is 0. The maximum absolute atomic E-state index is 12.2. The van der Waals surface area contributed by atoms with E-state index in [0.717, 1.165) is 5.82 Å². The predicted molar refractivity (Wildman–Crippen MR) is 89.1 cm³/mol. The minimum atomic E-state index is -0.636. The van der Waals surface area contributed by atoms with Crippen molar-refractivity contribution in [3.05, 3.63) is 60.9 Å². The van der Waals surface area contributed by atoms with Gasteiger partial charge in [0.2, 0.25) is 5.95 Å². The molecule has 3 rings (SSSR count). The highest BCUT2D eigenvalue weighted by molar-refractivity contribution is 5.93. The van der Waals surface area contributed by atoms with Gasteiger partial charge in [-0.3, -0.25) is 9.36 Å². The maximum Gasteiger partial charge on any atom is 0.265 e. The van der Waals surface area contributed by atoms with E-state index < -0.39 is 6.10 Å². The summed E-state index contributed by atoms with van der Waals surface area (Å²) in [5.41, 5.74) is 0.505. The lowest BCUT2D eigenvalue weighted by atomic mass is 10.3. The summed E-state index contributed by atoms with van der Waals surface area (Å²) in [4.78, 5) is 24.8. The number of hydrogen-bond acceptors (Lipinski definition) is 5. The number of carbonyl (C=O) groups excluding carboxylic acids is 1. The molecule has 0 bridgehead atoms. The third-order valence-electron chi connectivity index (χ3n) is 3.37. The van der Waals surface area contributed by atoms with E-state index in [1.165, 1.54) is 0 Å². The molecule has 1 N–H and O–H groups in total. The summed E-state index contributed by atoms with van der Waals surface area (Å²) >= 11 is 0. The summed E-state index contributed by atoms with van der Waals surface area (Å²) in [6, 6.07) is 9.19. The van der Waals surface area contributed by atoms with Gasteiger partial charge in [0.15, 0.2) is 6.10 Å². The Balaban J connectivity index is 1.63. The average Bonchev–Trinajstić information content (AvgIpc) is 3.02. The Hall–Kier alpha value is -3.22. The van der Waals surface area contributed by atoms with Gasteiger partial charge >= 0.3 is 0 Å². The second kappa shape index (κ2) is 6.91. The molecule has 0 radical (unpaired) electrons. The van der Waals surface area contributed by atoms with Crippen LogP contribution in [0.5, 0.6) is 5.75 Å². The van der Waals surface area contributed by atoms with E-state index in [-0.39, 0.29) is 5.91 Å². The fraction of sp³-hybridized carbons (Fsp3) is 0.176. The Bertz CT molecular complexity index is 815. The van der Waals surface area contributed by atoms with Crippen LogP contribution in [0.4, 0.5) is 5.69 Å². The zero-order chi connectivity index (χ0) is 16.9. The average molecular weight is 323 g/mol. The SMILES string of the molecule is Cc1nccn1-c1ncc(NC(=O)[C@H](C)Oc2ccccc2)cn1. The topological polar surface area (TPSA) is 81.9 Å². The number of benzene rings is 1. The van der Waals surface area contributed by atoms with Crippen LogP contribution in [0.3, 0.4) is 0 Å². The molecule has 0 aliphatic rings. The van der Waals surface area contributed by atoms with Crippen LogP contribution in [0.25, 0.3) is 5.95 Å². The van der Waals surface area contributed by atoms with E-state index >= 15 is 0 Å². The number of amides is 1. The van der Waals surface area contributed by atoms with Crippen LogP contribution < -0.4 is 10.1 Å². The molecule has 0 saturated carbocycles. The number of imidazole rings is 1. The van der Waals surface area contributed by atoms with Crippen molar-refractivity contribution in [2.45, 2.75) is 20.0 Å². The van der Waals surface area contributed by atoms with Gasteiger partial charge in [0.1, 0.15) is 11.6 Å². The number of rotatable bonds is 5. The monoisotopic (exact) mass is 323 g/mol. The van der Waals surface area contributed by atoms with Gasteiger partial charge in [0.05, 0.1) is 18.1 Å². The lowest BCUT2D eigenvalue weighted by Gasteiger charge is -2.14. The predicted octanol–water partition coefficient (Wildman–Crippen LogP) is 2.38. The Morgan fingerprint density at radius 1 is 1.17 bits per heavy atom. The Morgan fingerprint density at radius 3 is 2.50 bits per heavy atom. The number of nitrogens with zero attached hydrogens (tertiary/aromatic N) is 4. The highest BCUT2D eigenvalue weighted by Gasteiger charge is 2.15. The van der Waals surface area contributed by atoms with E-state index in [9.17, 15) is 4.79 Å². The van der Waals surface area contributed by atoms with Crippen molar-refractivity contribution in [3.63, 3.8) is 0 Å². The molecule has 1 atom stereocenters. The Morgan fingerprint density at radius 2 is 1.88 bits per heavy atom. The quantitative estimate of drug-likeness (QED) is 0.779. The first kappa shape index (κ1) is 15.7. The third kappa shape index (κ3) is 3.57. The Labute approximate surface area is 139 Å².